The van der Waals surface area contributed by atoms with Crippen LogP contribution in [0.3, 0.4) is 0 Å². The van der Waals surface area contributed by atoms with Crippen LogP contribution in [-0.2, 0) is 11.3 Å². The van der Waals surface area contributed by atoms with E-state index in [1.807, 2.05) is 19.1 Å². The van der Waals surface area contributed by atoms with Gasteiger partial charge in [-0.05, 0) is 36.2 Å². The molecule has 0 saturated carbocycles. The van der Waals surface area contributed by atoms with Crippen molar-refractivity contribution in [3.8, 4) is 16.9 Å². The van der Waals surface area contributed by atoms with Gasteiger partial charge in [-0.25, -0.2) is 18.3 Å². The number of aryl methyl sites for hydroxylation is 1. The van der Waals surface area contributed by atoms with Gasteiger partial charge in [-0.15, -0.1) is 5.10 Å². The maximum atomic E-state index is 14.1. The van der Waals surface area contributed by atoms with Gasteiger partial charge in [0.25, 0.3) is 0 Å². The van der Waals surface area contributed by atoms with Crippen molar-refractivity contribution in [2.24, 2.45) is 0 Å². The van der Waals surface area contributed by atoms with Gasteiger partial charge in [-0.3, -0.25) is 0 Å². The quantitative estimate of drug-likeness (QED) is 0.686. The topological polar surface area (TPSA) is 95.1 Å². The fourth-order valence-electron chi connectivity index (χ4n) is 2.57. The van der Waals surface area contributed by atoms with Crippen molar-refractivity contribution in [2.75, 3.05) is 12.8 Å². The highest BCUT2D eigenvalue weighted by molar-refractivity contribution is 5.67. The Balaban J connectivity index is 1.92. The molecule has 0 unspecified atom stereocenters. The monoisotopic (exact) mass is 373 g/mol. The average Bonchev–Trinajstić information content (AvgIpc) is 3.09. The molecule has 3 rings (SSSR count). The second kappa shape index (κ2) is 7.40. The summed E-state index contributed by atoms with van der Waals surface area (Å²) < 4.78 is 33.7. The van der Waals surface area contributed by atoms with E-state index >= 15 is 0 Å². The highest BCUT2D eigenvalue weighted by Crippen LogP contribution is 2.24. The zero-order valence-electron chi connectivity index (χ0n) is 14.7. The van der Waals surface area contributed by atoms with Crippen LogP contribution in [0.4, 0.5) is 19.3 Å². The molecule has 0 atom stereocenters. The van der Waals surface area contributed by atoms with E-state index in [4.69, 9.17) is 5.73 Å². The molecule has 140 valence electrons. The van der Waals surface area contributed by atoms with Gasteiger partial charge < -0.3 is 15.8 Å². The number of hydrogen-bond acceptors (Lipinski definition) is 5. The van der Waals surface area contributed by atoms with E-state index in [-0.39, 0.29) is 17.9 Å². The summed E-state index contributed by atoms with van der Waals surface area (Å²) in [5.41, 5.74) is 7.96. The first-order valence-electron chi connectivity index (χ1n) is 7.98. The number of nitrogens with zero attached hydrogens (tertiary/aromatic N) is 3. The number of alkyl carbamates (subject to hydrolysis) is 1. The third kappa shape index (κ3) is 3.86. The van der Waals surface area contributed by atoms with Gasteiger partial charge in [0.2, 0.25) is 0 Å². The zero-order valence-corrected chi connectivity index (χ0v) is 14.7. The lowest BCUT2D eigenvalue weighted by molar-refractivity contribution is 0.170. The van der Waals surface area contributed by atoms with Gasteiger partial charge in [0, 0.05) is 17.8 Å². The third-order valence-electron chi connectivity index (χ3n) is 4.02. The molecule has 1 amide bonds. The van der Waals surface area contributed by atoms with Gasteiger partial charge in [0.15, 0.2) is 11.6 Å². The number of hydrogen-bond donors (Lipinski definition) is 2. The van der Waals surface area contributed by atoms with Gasteiger partial charge in [-0.1, -0.05) is 17.3 Å². The Bertz CT molecular complexity index is 980. The molecule has 0 bridgehead atoms. The summed E-state index contributed by atoms with van der Waals surface area (Å²) in [5, 5.41) is 10.4. The van der Waals surface area contributed by atoms with Crippen molar-refractivity contribution >= 4 is 11.8 Å². The smallest absolute Gasteiger partial charge is 0.407 e. The number of ether oxygens (including phenoxy) is 1. The number of amides is 1. The van der Waals surface area contributed by atoms with Crippen LogP contribution in [0.5, 0.6) is 0 Å². The summed E-state index contributed by atoms with van der Waals surface area (Å²) in [6, 6.07) is 7.51. The summed E-state index contributed by atoms with van der Waals surface area (Å²) in [4.78, 5) is 11.3. The molecule has 0 radical (unpaired) electrons. The van der Waals surface area contributed by atoms with Gasteiger partial charge >= 0.3 is 6.09 Å². The molecule has 0 aliphatic carbocycles. The van der Waals surface area contributed by atoms with Gasteiger partial charge in [0.05, 0.1) is 13.3 Å². The molecule has 7 nitrogen and oxygen atoms in total. The van der Waals surface area contributed by atoms with E-state index in [9.17, 15) is 13.6 Å². The Hall–Kier alpha value is -3.49. The number of aromatic nitrogens is 3. The minimum atomic E-state index is -0.837. The summed E-state index contributed by atoms with van der Waals surface area (Å²) in [5.74, 6) is -1.67. The van der Waals surface area contributed by atoms with Gasteiger partial charge in [0.1, 0.15) is 11.4 Å². The standard InChI is InChI=1S/C18H17F2N5O2/c1-10-3-4-11(5-12(10)8-22-18(26)27-2)16-9-25(24-23-16)17-14(19)6-13(21)7-15(17)20/h3-7,9H,8,21H2,1-2H3,(H,22,26). The molecule has 1 aromatic heterocycles. The van der Waals surface area contributed by atoms with Gasteiger partial charge in [-0.2, -0.15) is 0 Å². The van der Waals surface area contributed by atoms with Crippen molar-refractivity contribution in [3.63, 3.8) is 0 Å². The number of nitrogen functional groups attached to an aromatic ring is 1. The van der Waals surface area contributed by atoms with Crippen LogP contribution in [0.15, 0.2) is 36.5 Å². The first-order chi connectivity index (χ1) is 12.9. The molecule has 0 aliphatic rings. The summed E-state index contributed by atoms with van der Waals surface area (Å²) in [6.07, 6.45) is 0.875. The van der Waals surface area contributed by atoms with E-state index in [0.29, 0.717) is 11.3 Å². The first kappa shape index (κ1) is 18.3. The average molecular weight is 373 g/mol. The van der Waals surface area contributed by atoms with E-state index in [1.165, 1.54) is 13.3 Å². The molecular formula is C18H17F2N5O2. The second-order valence-corrected chi connectivity index (χ2v) is 5.87. The zero-order chi connectivity index (χ0) is 19.6. The molecule has 9 heteroatoms. The minimum Gasteiger partial charge on any atom is -0.453 e. The highest BCUT2D eigenvalue weighted by Gasteiger charge is 2.15. The molecule has 0 saturated heterocycles. The fourth-order valence-corrected chi connectivity index (χ4v) is 2.57. The lowest BCUT2D eigenvalue weighted by Crippen LogP contribution is -2.22. The number of nitrogens with two attached hydrogens (primary N) is 1. The van der Waals surface area contributed by atoms with Crippen molar-refractivity contribution in [1.82, 2.24) is 20.3 Å². The lowest BCUT2D eigenvalue weighted by Gasteiger charge is -2.08. The summed E-state index contributed by atoms with van der Waals surface area (Å²) >= 11 is 0. The first-order valence-corrected chi connectivity index (χ1v) is 7.98. The predicted molar refractivity (Wildman–Crippen MR) is 95.1 cm³/mol. The second-order valence-electron chi connectivity index (χ2n) is 5.87. The predicted octanol–water partition coefficient (Wildman–Crippen LogP) is 2.96. The molecule has 27 heavy (non-hydrogen) atoms. The molecular weight excluding hydrogens is 356 g/mol. The van der Waals surface area contributed by atoms with Crippen molar-refractivity contribution in [2.45, 2.75) is 13.5 Å². The number of anilines is 1. The number of carbonyl (C=O) groups is 1. The maximum absolute atomic E-state index is 14.1. The number of nitrogens with one attached hydrogen (secondary N) is 1. The van der Waals surface area contributed by atoms with E-state index in [2.05, 4.69) is 20.4 Å². The maximum Gasteiger partial charge on any atom is 0.407 e. The molecule has 1 heterocycles. The Morgan fingerprint density at radius 2 is 1.96 bits per heavy atom. The van der Waals surface area contributed by atoms with Crippen molar-refractivity contribution in [3.05, 3.63) is 59.3 Å². The van der Waals surface area contributed by atoms with Crippen molar-refractivity contribution < 1.29 is 18.3 Å². The van der Waals surface area contributed by atoms with Crippen LogP contribution in [0.1, 0.15) is 11.1 Å². The SMILES string of the molecule is COC(=O)NCc1cc(-c2cn(-c3c(F)cc(N)cc3F)nn2)ccc1C. The fraction of sp³-hybridized carbons (Fsp3) is 0.167. The lowest BCUT2D eigenvalue weighted by atomic mass is 10.0. The molecule has 0 fully saturated rings. The number of halogens is 2. The largest absolute Gasteiger partial charge is 0.453 e. The third-order valence-corrected chi connectivity index (χ3v) is 4.02. The Morgan fingerprint density at radius 1 is 1.26 bits per heavy atom. The minimum absolute atomic E-state index is 0.0182. The van der Waals surface area contributed by atoms with Crippen LogP contribution in [0, 0.1) is 18.6 Å². The molecule has 3 N–H and O–H groups in total. The summed E-state index contributed by atoms with van der Waals surface area (Å²) in [7, 11) is 1.28. The van der Waals surface area contributed by atoms with Crippen LogP contribution < -0.4 is 11.1 Å². The number of benzene rings is 2. The van der Waals surface area contributed by atoms with Crippen LogP contribution in [0.2, 0.25) is 0 Å². The summed E-state index contributed by atoms with van der Waals surface area (Å²) in [6.45, 7) is 2.16. The number of carbonyl (C=O) groups excluding carboxylic acids is 1. The van der Waals surface area contributed by atoms with Crippen LogP contribution in [-0.4, -0.2) is 28.2 Å². The molecule has 3 aromatic rings. The van der Waals surface area contributed by atoms with Crippen LogP contribution >= 0.6 is 0 Å². The highest BCUT2D eigenvalue weighted by atomic mass is 19.1. The number of methoxy groups -OCH3 is 1. The molecule has 0 spiro atoms. The molecule has 2 aromatic carbocycles. The van der Waals surface area contributed by atoms with Crippen LogP contribution in [0.25, 0.3) is 16.9 Å². The van der Waals surface area contributed by atoms with Crippen molar-refractivity contribution in [1.29, 1.82) is 0 Å². The Morgan fingerprint density at radius 3 is 2.63 bits per heavy atom. The van der Waals surface area contributed by atoms with E-state index in [0.717, 1.165) is 27.9 Å². The van der Waals surface area contributed by atoms with E-state index < -0.39 is 17.7 Å². The number of rotatable bonds is 4. The van der Waals surface area contributed by atoms with E-state index in [1.54, 1.807) is 6.07 Å². The Labute approximate surface area is 153 Å². The molecule has 0 aliphatic heterocycles. The Kier molecular flexibility index (Phi) is 5.02. The normalized spacial score (nSPS) is 10.7.